The summed E-state index contributed by atoms with van der Waals surface area (Å²) in [7, 11) is 2.16. The number of aromatic nitrogens is 1. The third-order valence-corrected chi connectivity index (χ3v) is 5.98. The van der Waals surface area contributed by atoms with Crippen molar-refractivity contribution in [2.75, 3.05) is 61.4 Å². The van der Waals surface area contributed by atoms with Crippen LogP contribution in [0.4, 0.5) is 17.2 Å². The third kappa shape index (κ3) is 4.88. The summed E-state index contributed by atoms with van der Waals surface area (Å²) in [5.41, 5.74) is 2.68. The number of benzene rings is 1. The van der Waals surface area contributed by atoms with Crippen LogP contribution in [0.5, 0.6) is 0 Å². The summed E-state index contributed by atoms with van der Waals surface area (Å²) in [5.74, 6) is 1.47. The van der Waals surface area contributed by atoms with Gasteiger partial charge in [-0.05, 0) is 62.2 Å². The Kier molecular flexibility index (Phi) is 6.00. The van der Waals surface area contributed by atoms with Crippen molar-refractivity contribution in [1.29, 1.82) is 0 Å². The molecule has 2 aliphatic rings. The number of piperazine rings is 1. The van der Waals surface area contributed by atoms with Crippen molar-refractivity contribution in [2.24, 2.45) is 5.92 Å². The number of hydrogen-bond acceptors (Lipinski definition) is 5. The molecule has 1 unspecified atom stereocenters. The molecule has 1 aromatic heterocycles. The Morgan fingerprint density at radius 1 is 1.03 bits per heavy atom. The summed E-state index contributed by atoms with van der Waals surface area (Å²) >= 11 is 0. The Morgan fingerprint density at radius 2 is 1.79 bits per heavy atom. The van der Waals surface area contributed by atoms with Gasteiger partial charge in [-0.15, -0.1) is 0 Å². The second-order valence-electron chi connectivity index (χ2n) is 8.39. The van der Waals surface area contributed by atoms with E-state index >= 15 is 0 Å². The summed E-state index contributed by atoms with van der Waals surface area (Å²) in [6.07, 6.45) is 4.18. The second kappa shape index (κ2) is 8.82. The van der Waals surface area contributed by atoms with Gasteiger partial charge in [-0.25, -0.2) is 4.98 Å². The van der Waals surface area contributed by atoms with E-state index in [-0.39, 0.29) is 5.91 Å². The fraction of sp³-hybridized carbons (Fsp3) is 0.478. The number of likely N-dealkylation sites (N-methyl/N-ethyl adjacent to an activating group) is 1. The first kappa shape index (κ1) is 19.7. The van der Waals surface area contributed by atoms with Crippen LogP contribution in [-0.2, 0) is 0 Å². The first-order valence-corrected chi connectivity index (χ1v) is 10.6. The van der Waals surface area contributed by atoms with Gasteiger partial charge in [0, 0.05) is 62.4 Å². The standard InChI is InChI=1S/C23H31N5O/c1-18-4-3-11-28(17-18)22-16-19(9-10-24-22)23(29)25-20-5-7-21(8-6-20)27-14-12-26(2)13-15-27/h5-10,16,18H,3-4,11-15,17H2,1-2H3,(H,25,29). The Bertz CT molecular complexity index is 829. The predicted molar refractivity (Wildman–Crippen MR) is 119 cm³/mol. The molecule has 4 rings (SSSR count). The smallest absolute Gasteiger partial charge is 0.255 e. The number of carbonyl (C=O) groups is 1. The molecule has 1 N–H and O–H groups in total. The van der Waals surface area contributed by atoms with Crippen LogP contribution < -0.4 is 15.1 Å². The van der Waals surface area contributed by atoms with Gasteiger partial charge >= 0.3 is 0 Å². The van der Waals surface area contributed by atoms with Crippen molar-refractivity contribution >= 4 is 23.1 Å². The molecule has 3 heterocycles. The van der Waals surface area contributed by atoms with E-state index in [0.29, 0.717) is 11.5 Å². The minimum Gasteiger partial charge on any atom is -0.369 e. The van der Waals surface area contributed by atoms with Crippen molar-refractivity contribution < 1.29 is 4.79 Å². The number of nitrogens with zero attached hydrogens (tertiary/aromatic N) is 4. The zero-order valence-corrected chi connectivity index (χ0v) is 17.5. The molecule has 2 aromatic rings. The summed E-state index contributed by atoms with van der Waals surface area (Å²) in [5, 5.41) is 3.02. The molecule has 1 aromatic carbocycles. The Hall–Kier alpha value is -2.60. The number of pyridine rings is 1. The number of hydrogen-bond donors (Lipinski definition) is 1. The minimum absolute atomic E-state index is 0.0916. The molecule has 0 bridgehead atoms. The molecular formula is C23H31N5O. The van der Waals surface area contributed by atoms with Crippen molar-refractivity contribution in [2.45, 2.75) is 19.8 Å². The predicted octanol–water partition coefficient (Wildman–Crippen LogP) is 3.32. The average Bonchev–Trinajstić information content (AvgIpc) is 2.75. The van der Waals surface area contributed by atoms with Crippen LogP contribution in [0.1, 0.15) is 30.1 Å². The van der Waals surface area contributed by atoms with E-state index in [0.717, 1.165) is 50.8 Å². The molecule has 6 heteroatoms. The average molecular weight is 394 g/mol. The van der Waals surface area contributed by atoms with Gasteiger partial charge in [0.1, 0.15) is 5.82 Å². The number of rotatable bonds is 4. The van der Waals surface area contributed by atoms with Crippen LogP contribution in [0, 0.1) is 5.92 Å². The van der Waals surface area contributed by atoms with Gasteiger partial charge in [0.05, 0.1) is 0 Å². The molecule has 2 fully saturated rings. The van der Waals surface area contributed by atoms with E-state index < -0.39 is 0 Å². The Morgan fingerprint density at radius 3 is 2.52 bits per heavy atom. The maximum atomic E-state index is 12.8. The lowest BCUT2D eigenvalue weighted by Crippen LogP contribution is -2.44. The number of piperidine rings is 1. The molecule has 154 valence electrons. The summed E-state index contributed by atoms with van der Waals surface area (Å²) in [6, 6.07) is 11.8. The zero-order chi connectivity index (χ0) is 20.2. The molecule has 0 spiro atoms. The molecule has 2 saturated heterocycles. The van der Waals surface area contributed by atoms with E-state index in [1.165, 1.54) is 18.5 Å². The quantitative estimate of drug-likeness (QED) is 0.864. The molecule has 1 atom stereocenters. The second-order valence-corrected chi connectivity index (χ2v) is 8.39. The van der Waals surface area contributed by atoms with E-state index in [1.54, 1.807) is 12.3 Å². The number of amides is 1. The lowest BCUT2D eigenvalue weighted by Gasteiger charge is -2.34. The number of nitrogens with one attached hydrogen (secondary N) is 1. The van der Waals surface area contributed by atoms with Gasteiger partial charge in [0.15, 0.2) is 0 Å². The molecule has 6 nitrogen and oxygen atoms in total. The molecule has 2 aliphatic heterocycles. The summed E-state index contributed by atoms with van der Waals surface area (Å²) < 4.78 is 0. The van der Waals surface area contributed by atoms with Crippen LogP contribution in [0.2, 0.25) is 0 Å². The van der Waals surface area contributed by atoms with Crippen LogP contribution in [-0.4, -0.2) is 62.1 Å². The van der Waals surface area contributed by atoms with E-state index in [1.807, 2.05) is 18.2 Å². The monoisotopic (exact) mass is 393 g/mol. The lowest BCUT2D eigenvalue weighted by molar-refractivity contribution is 0.102. The molecular weight excluding hydrogens is 362 g/mol. The van der Waals surface area contributed by atoms with Gasteiger partial charge in [-0.1, -0.05) is 6.92 Å². The molecule has 0 radical (unpaired) electrons. The molecule has 0 aliphatic carbocycles. The zero-order valence-electron chi connectivity index (χ0n) is 17.5. The summed E-state index contributed by atoms with van der Waals surface area (Å²) in [4.78, 5) is 24.3. The first-order chi connectivity index (χ1) is 14.1. The maximum absolute atomic E-state index is 12.8. The molecule has 1 amide bonds. The first-order valence-electron chi connectivity index (χ1n) is 10.6. The number of carbonyl (C=O) groups excluding carboxylic acids is 1. The fourth-order valence-corrected chi connectivity index (χ4v) is 4.15. The Labute approximate surface area is 173 Å². The highest BCUT2D eigenvalue weighted by Gasteiger charge is 2.19. The maximum Gasteiger partial charge on any atom is 0.255 e. The van der Waals surface area contributed by atoms with Crippen molar-refractivity contribution in [3.8, 4) is 0 Å². The normalized spacial score (nSPS) is 20.6. The fourth-order valence-electron chi connectivity index (χ4n) is 4.15. The highest BCUT2D eigenvalue weighted by atomic mass is 16.1. The van der Waals surface area contributed by atoms with Gasteiger partial charge in [0.25, 0.3) is 5.91 Å². The SMILES string of the molecule is CC1CCCN(c2cc(C(=O)Nc3ccc(N4CCN(C)CC4)cc3)ccn2)C1. The van der Waals surface area contributed by atoms with Crippen molar-refractivity contribution in [3.63, 3.8) is 0 Å². The van der Waals surface area contributed by atoms with Crippen molar-refractivity contribution in [1.82, 2.24) is 9.88 Å². The van der Waals surface area contributed by atoms with E-state index in [9.17, 15) is 4.79 Å². The molecule has 29 heavy (non-hydrogen) atoms. The lowest BCUT2D eigenvalue weighted by atomic mass is 10.0. The van der Waals surface area contributed by atoms with Crippen LogP contribution in [0.25, 0.3) is 0 Å². The summed E-state index contributed by atoms with van der Waals surface area (Å²) in [6.45, 7) is 8.53. The van der Waals surface area contributed by atoms with Crippen LogP contribution in [0.3, 0.4) is 0 Å². The molecule has 0 saturated carbocycles. The number of anilines is 3. The highest BCUT2D eigenvalue weighted by molar-refractivity contribution is 6.04. The van der Waals surface area contributed by atoms with Crippen LogP contribution in [0.15, 0.2) is 42.6 Å². The minimum atomic E-state index is -0.0916. The third-order valence-electron chi connectivity index (χ3n) is 5.98. The van der Waals surface area contributed by atoms with E-state index in [2.05, 4.69) is 51.1 Å². The van der Waals surface area contributed by atoms with Gasteiger partial charge < -0.3 is 20.0 Å². The van der Waals surface area contributed by atoms with Crippen molar-refractivity contribution in [3.05, 3.63) is 48.2 Å². The van der Waals surface area contributed by atoms with Crippen LogP contribution >= 0.6 is 0 Å². The highest BCUT2D eigenvalue weighted by Crippen LogP contribution is 2.23. The van der Waals surface area contributed by atoms with Gasteiger partial charge in [-0.2, -0.15) is 0 Å². The van der Waals surface area contributed by atoms with Gasteiger partial charge in [-0.3, -0.25) is 4.79 Å². The van der Waals surface area contributed by atoms with Gasteiger partial charge in [0.2, 0.25) is 0 Å². The largest absolute Gasteiger partial charge is 0.369 e. The topological polar surface area (TPSA) is 51.7 Å². The van der Waals surface area contributed by atoms with E-state index in [4.69, 9.17) is 0 Å². The Balaban J connectivity index is 1.39.